The van der Waals surface area contributed by atoms with Gasteiger partial charge >= 0.3 is 0 Å². The molecule has 2 amide bonds. The van der Waals surface area contributed by atoms with Crippen LogP contribution in [0.15, 0.2) is 36.4 Å². The van der Waals surface area contributed by atoms with Gasteiger partial charge in [0.25, 0.3) is 5.91 Å². The summed E-state index contributed by atoms with van der Waals surface area (Å²) in [6.07, 6.45) is 7.85. The fourth-order valence-electron chi connectivity index (χ4n) is 2.61. The number of benzene rings is 1. The highest BCUT2D eigenvalue weighted by atomic mass is 16.2. The van der Waals surface area contributed by atoms with E-state index in [9.17, 15) is 9.59 Å². The molecule has 1 aromatic rings. The van der Waals surface area contributed by atoms with E-state index < -0.39 is 0 Å². The third-order valence-electron chi connectivity index (χ3n) is 4.23. The lowest BCUT2D eigenvalue weighted by molar-refractivity contribution is -0.121. The lowest BCUT2D eigenvalue weighted by Gasteiger charge is -2.12. The number of hydrogen-bond donors (Lipinski definition) is 2. The SMILES string of the molecule is CC[C@H](C)NC(=O)c1cccc(CNC(=O)C[C@@H]2C=CCC2)c1. The van der Waals surface area contributed by atoms with E-state index >= 15 is 0 Å². The second-order valence-corrected chi connectivity index (χ2v) is 6.23. The molecular weight excluding hydrogens is 288 g/mol. The van der Waals surface area contributed by atoms with Crippen molar-refractivity contribution in [2.75, 3.05) is 0 Å². The lowest BCUT2D eigenvalue weighted by Crippen LogP contribution is -2.32. The van der Waals surface area contributed by atoms with Crippen LogP contribution in [0.2, 0.25) is 0 Å². The summed E-state index contributed by atoms with van der Waals surface area (Å²) < 4.78 is 0. The minimum atomic E-state index is -0.0661. The Labute approximate surface area is 138 Å². The van der Waals surface area contributed by atoms with Crippen LogP contribution in [-0.2, 0) is 11.3 Å². The van der Waals surface area contributed by atoms with E-state index in [1.807, 2.05) is 32.0 Å². The van der Waals surface area contributed by atoms with Crippen molar-refractivity contribution in [2.45, 2.75) is 52.1 Å². The molecule has 1 aromatic carbocycles. The molecule has 0 saturated heterocycles. The van der Waals surface area contributed by atoms with Gasteiger partial charge in [0, 0.05) is 24.6 Å². The van der Waals surface area contributed by atoms with Gasteiger partial charge in [0.2, 0.25) is 5.91 Å². The summed E-state index contributed by atoms with van der Waals surface area (Å²) >= 11 is 0. The summed E-state index contributed by atoms with van der Waals surface area (Å²) in [5.41, 5.74) is 1.58. The highest BCUT2D eigenvalue weighted by Crippen LogP contribution is 2.20. The minimum Gasteiger partial charge on any atom is -0.352 e. The molecule has 0 aromatic heterocycles. The highest BCUT2D eigenvalue weighted by molar-refractivity contribution is 5.94. The zero-order valence-corrected chi connectivity index (χ0v) is 14.0. The van der Waals surface area contributed by atoms with Gasteiger partial charge in [-0.05, 0) is 49.8 Å². The van der Waals surface area contributed by atoms with Crippen LogP contribution in [0.3, 0.4) is 0 Å². The molecule has 0 bridgehead atoms. The maximum atomic E-state index is 12.1. The standard InChI is InChI=1S/C19H26N2O2/c1-3-14(2)21-19(23)17-10-6-9-16(11-17)13-20-18(22)12-15-7-4-5-8-15/h4,6-7,9-11,14-15H,3,5,8,12-13H2,1-2H3,(H,20,22)(H,21,23)/t14-,15+/m0/s1. The maximum absolute atomic E-state index is 12.1. The Bertz CT molecular complexity index is 580. The average Bonchev–Trinajstić information content (AvgIpc) is 3.06. The highest BCUT2D eigenvalue weighted by Gasteiger charge is 2.14. The predicted molar refractivity (Wildman–Crippen MR) is 92.0 cm³/mol. The molecule has 0 heterocycles. The Kier molecular flexibility index (Phi) is 6.39. The van der Waals surface area contributed by atoms with Crippen molar-refractivity contribution < 1.29 is 9.59 Å². The molecule has 2 rings (SSSR count). The van der Waals surface area contributed by atoms with Crippen LogP contribution >= 0.6 is 0 Å². The Morgan fingerprint density at radius 3 is 2.87 bits per heavy atom. The second-order valence-electron chi connectivity index (χ2n) is 6.23. The van der Waals surface area contributed by atoms with Gasteiger partial charge in [-0.2, -0.15) is 0 Å². The van der Waals surface area contributed by atoms with Crippen LogP contribution in [0.5, 0.6) is 0 Å². The van der Waals surface area contributed by atoms with E-state index in [2.05, 4.69) is 22.8 Å². The molecule has 0 spiro atoms. The quantitative estimate of drug-likeness (QED) is 0.759. The van der Waals surface area contributed by atoms with Crippen molar-refractivity contribution in [1.29, 1.82) is 0 Å². The number of hydrogen-bond acceptors (Lipinski definition) is 2. The normalized spacial score (nSPS) is 17.7. The predicted octanol–water partition coefficient (Wildman–Crippen LogP) is 3.19. The third kappa shape index (κ3) is 5.55. The van der Waals surface area contributed by atoms with Crippen molar-refractivity contribution in [3.63, 3.8) is 0 Å². The van der Waals surface area contributed by atoms with Crippen molar-refractivity contribution in [1.82, 2.24) is 10.6 Å². The number of carbonyl (C=O) groups excluding carboxylic acids is 2. The second kappa shape index (κ2) is 8.51. The molecule has 4 heteroatoms. The number of amides is 2. The maximum Gasteiger partial charge on any atom is 0.251 e. The van der Waals surface area contributed by atoms with Gasteiger partial charge in [-0.3, -0.25) is 9.59 Å². The van der Waals surface area contributed by atoms with Crippen molar-refractivity contribution in [2.24, 2.45) is 5.92 Å². The van der Waals surface area contributed by atoms with E-state index in [4.69, 9.17) is 0 Å². The van der Waals surface area contributed by atoms with Crippen LogP contribution in [0.4, 0.5) is 0 Å². The van der Waals surface area contributed by atoms with Crippen molar-refractivity contribution in [3.8, 4) is 0 Å². The number of allylic oxidation sites excluding steroid dienone is 2. The van der Waals surface area contributed by atoms with E-state index in [0.29, 0.717) is 24.4 Å². The van der Waals surface area contributed by atoms with Crippen molar-refractivity contribution in [3.05, 3.63) is 47.5 Å². The van der Waals surface area contributed by atoms with Gasteiger partial charge in [0.05, 0.1) is 0 Å². The zero-order valence-electron chi connectivity index (χ0n) is 14.0. The van der Waals surface area contributed by atoms with E-state index in [1.54, 1.807) is 6.07 Å². The molecule has 0 radical (unpaired) electrons. The topological polar surface area (TPSA) is 58.2 Å². The molecule has 2 atom stereocenters. The summed E-state index contributed by atoms with van der Waals surface area (Å²) in [6, 6.07) is 7.58. The Morgan fingerprint density at radius 2 is 2.17 bits per heavy atom. The van der Waals surface area contributed by atoms with Crippen LogP contribution in [0.25, 0.3) is 0 Å². The van der Waals surface area contributed by atoms with Crippen LogP contribution < -0.4 is 10.6 Å². The molecular formula is C19H26N2O2. The number of rotatable bonds is 7. The third-order valence-corrected chi connectivity index (χ3v) is 4.23. The molecule has 1 aliphatic rings. The summed E-state index contributed by atoms with van der Waals surface area (Å²) in [5, 5.41) is 5.89. The van der Waals surface area contributed by atoms with E-state index in [0.717, 1.165) is 24.8 Å². The van der Waals surface area contributed by atoms with Gasteiger partial charge in [-0.25, -0.2) is 0 Å². The summed E-state index contributed by atoms with van der Waals surface area (Å²) in [7, 11) is 0. The Balaban J connectivity index is 1.85. The van der Waals surface area contributed by atoms with Crippen molar-refractivity contribution >= 4 is 11.8 Å². The lowest BCUT2D eigenvalue weighted by atomic mass is 10.0. The smallest absolute Gasteiger partial charge is 0.251 e. The van der Waals surface area contributed by atoms with E-state index in [-0.39, 0.29) is 17.9 Å². The fourth-order valence-corrected chi connectivity index (χ4v) is 2.61. The van der Waals surface area contributed by atoms with Crippen LogP contribution in [-0.4, -0.2) is 17.9 Å². The monoisotopic (exact) mass is 314 g/mol. The molecule has 0 unspecified atom stereocenters. The molecule has 4 nitrogen and oxygen atoms in total. The molecule has 124 valence electrons. The molecule has 2 N–H and O–H groups in total. The van der Waals surface area contributed by atoms with E-state index in [1.165, 1.54) is 0 Å². The van der Waals surface area contributed by atoms with Gasteiger partial charge in [0.15, 0.2) is 0 Å². The first-order valence-electron chi connectivity index (χ1n) is 8.41. The fraction of sp³-hybridized carbons (Fsp3) is 0.474. The van der Waals surface area contributed by atoms with Gasteiger partial charge in [0.1, 0.15) is 0 Å². The van der Waals surface area contributed by atoms with Crippen LogP contribution in [0, 0.1) is 5.92 Å². The average molecular weight is 314 g/mol. The van der Waals surface area contributed by atoms with Gasteiger partial charge < -0.3 is 10.6 Å². The minimum absolute atomic E-state index is 0.0657. The molecule has 23 heavy (non-hydrogen) atoms. The Morgan fingerprint density at radius 1 is 1.35 bits per heavy atom. The van der Waals surface area contributed by atoms with Gasteiger partial charge in [-0.15, -0.1) is 0 Å². The molecule has 0 saturated carbocycles. The number of nitrogens with one attached hydrogen (secondary N) is 2. The first kappa shape index (κ1) is 17.3. The summed E-state index contributed by atoms with van der Waals surface area (Å²) in [6.45, 7) is 4.48. The first-order chi connectivity index (χ1) is 11.1. The summed E-state index contributed by atoms with van der Waals surface area (Å²) in [5.74, 6) is 0.377. The van der Waals surface area contributed by atoms with Crippen LogP contribution in [0.1, 0.15) is 55.5 Å². The molecule has 1 aliphatic carbocycles. The largest absolute Gasteiger partial charge is 0.352 e. The Hall–Kier alpha value is -2.10. The first-order valence-corrected chi connectivity index (χ1v) is 8.41. The molecule has 0 fully saturated rings. The molecule has 0 aliphatic heterocycles. The zero-order chi connectivity index (χ0) is 16.7. The number of carbonyl (C=O) groups is 2. The summed E-state index contributed by atoms with van der Waals surface area (Å²) in [4.78, 5) is 24.1. The van der Waals surface area contributed by atoms with Gasteiger partial charge in [-0.1, -0.05) is 31.2 Å².